The van der Waals surface area contributed by atoms with Crippen molar-refractivity contribution in [3.63, 3.8) is 0 Å². The Morgan fingerprint density at radius 3 is 2.22 bits per heavy atom. The van der Waals surface area contributed by atoms with Crippen LogP contribution in [0.1, 0.15) is 39.0 Å². The molecule has 0 aromatic carbocycles. The van der Waals surface area contributed by atoms with Gasteiger partial charge < -0.3 is 9.47 Å². The summed E-state index contributed by atoms with van der Waals surface area (Å²) in [5.41, 5.74) is -0.276. The van der Waals surface area contributed by atoms with Crippen molar-refractivity contribution >= 4 is 11.9 Å². The molecule has 0 radical (unpaired) electrons. The second-order valence-electron chi connectivity index (χ2n) is 6.32. The zero-order chi connectivity index (χ0) is 12.9. The monoisotopic (exact) mass is 252 g/mol. The van der Waals surface area contributed by atoms with Gasteiger partial charge in [-0.2, -0.15) is 0 Å². The molecule has 4 aliphatic rings. The SMILES string of the molecule is COC(=O)[C@]12CC3CC(C1)[C@@H](OC(C)=O)C(C3)C2. The normalized spacial score (nSPS) is 44.8. The predicted molar refractivity (Wildman–Crippen MR) is 63.6 cm³/mol. The van der Waals surface area contributed by atoms with Crippen LogP contribution in [0.2, 0.25) is 0 Å². The van der Waals surface area contributed by atoms with Crippen LogP contribution < -0.4 is 0 Å². The minimum Gasteiger partial charge on any atom is -0.469 e. The number of rotatable bonds is 2. The first kappa shape index (κ1) is 12.0. The minimum atomic E-state index is -0.276. The van der Waals surface area contributed by atoms with E-state index < -0.39 is 0 Å². The molecule has 4 heteroatoms. The molecule has 2 unspecified atom stereocenters. The van der Waals surface area contributed by atoms with Gasteiger partial charge in [-0.15, -0.1) is 0 Å². The van der Waals surface area contributed by atoms with Crippen LogP contribution in [0, 0.1) is 23.2 Å². The summed E-state index contributed by atoms with van der Waals surface area (Å²) in [6.45, 7) is 1.47. The molecule has 0 aliphatic heterocycles. The van der Waals surface area contributed by atoms with E-state index in [1.165, 1.54) is 14.0 Å². The van der Waals surface area contributed by atoms with E-state index in [2.05, 4.69) is 0 Å². The molecular formula is C14H20O4. The minimum absolute atomic E-state index is 0.0387. The van der Waals surface area contributed by atoms with Crippen LogP contribution in [0.3, 0.4) is 0 Å². The third-order valence-electron chi connectivity index (χ3n) is 5.11. The van der Waals surface area contributed by atoms with E-state index in [1.54, 1.807) is 0 Å². The van der Waals surface area contributed by atoms with Gasteiger partial charge in [-0.1, -0.05) is 0 Å². The first-order valence-corrected chi connectivity index (χ1v) is 6.80. The Kier molecular flexibility index (Phi) is 2.65. The third-order valence-corrected chi connectivity index (χ3v) is 5.11. The molecule has 4 rings (SSSR count). The van der Waals surface area contributed by atoms with Gasteiger partial charge in [0, 0.05) is 6.92 Å². The van der Waals surface area contributed by atoms with Gasteiger partial charge in [-0.3, -0.25) is 9.59 Å². The highest BCUT2D eigenvalue weighted by Gasteiger charge is 2.60. The lowest BCUT2D eigenvalue weighted by atomic mass is 9.48. The molecule has 4 saturated carbocycles. The maximum Gasteiger partial charge on any atom is 0.311 e. The molecule has 0 heterocycles. The summed E-state index contributed by atoms with van der Waals surface area (Å²) in [5, 5.41) is 0. The zero-order valence-corrected chi connectivity index (χ0v) is 11.0. The van der Waals surface area contributed by atoms with Gasteiger partial charge in [0.2, 0.25) is 0 Å². The zero-order valence-electron chi connectivity index (χ0n) is 11.0. The summed E-state index contributed by atoms with van der Waals surface area (Å²) >= 11 is 0. The molecule has 2 atom stereocenters. The highest BCUT2D eigenvalue weighted by Crippen LogP contribution is 2.61. The summed E-state index contributed by atoms with van der Waals surface area (Å²) in [6.07, 6.45) is 4.89. The first-order valence-electron chi connectivity index (χ1n) is 6.80. The van der Waals surface area contributed by atoms with Crippen LogP contribution in [-0.4, -0.2) is 25.2 Å². The standard InChI is InChI=1S/C14H20O4/c1-8(15)18-12-10-3-9-4-11(12)7-14(5-9,6-10)13(16)17-2/h9-12H,3-7H2,1-2H3/t9?,10?,11?,12-,14-. The molecule has 0 aromatic rings. The largest absolute Gasteiger partial charge is 0.469 e. The number of esters is 2. The van der Waals surface area contributed by atoms with Gasteiger partial charge in [0.05, 0.1) is 12.5 Å². The van der Waals surface area contributed by atoms with Crippen LogP contribution >= 0.6 is 0 Å². The fraction of sp³-hybridized carbons (Fsp3) is 0.857. The Hall–Kier alpha value is -1.06. The van der Waals surface area contributed by atoms with E-state index in [9.17, 15) is 9.59 Å². The van der Waals surface area contributed by atoms with E-state index >= 15 is 0 Å². The number of ether oxygens (including phenoxy) is 2. The maximum atomic E-state index is 12.1. The molecule has 0 N–H and O–H groups in total. The smallest absolute Gasteiger partial charge is 0.311 e. The van der Waals surface area contributed by atoms with Gasteiger partial charge in [0.25, 0.3) is 0 Å². The summed E-state index contributed by atoms with van der Waals surface area (Å²) in [7, 11) is 1.48. The Bertz CT molecular complexity index is 373. The van der Waals surface area contributed by atoms with Crippen molar-refractivity contribution in [2.24, 2.45) is 23.2 Å². The van der Waals surface area contributed by atoms with Gasteiger partial charge in [0.1, 0.15) is 6.10 Å². The number of hydrogen-bond donors (Lipinski definition) is 0. The fourth-order valence-electron chi connectivity index (χ4n) is 4.83. The van der Waals surface area contributed by atoms with Gasteiger partial charge in [-0.25, -0.2) is 0 Å². The van der Waals surface area contributed by atoms with Crippen LogP contribution in [-0.2, 0) is 19.1 Å². The van der Waals surface area contributed by atoms with Gasteiger partial charge in [0.15, 0.2) is 0 Å². The number of hydrogen-bond acceptors (Lipinski definition) is 4. The highest BCUT2D eigenvalue weighted by molar-refractivity contribution is 5.77. The van der Waals surface area contributed by atoms with Crippen molar-refractivity contribution in [3.05, 3.63) is 0 Å². The van der Waals surface area contributed by atoms with Crippen LogP contribution in [0.15, 0.2) is 0 Å². The van der Waals surface area contributed by atoms with Gasteiger partial charge >= 0.3 is 11.9 Å². The molecule has 4 fully saturated rings. The van der Waals surface area contributed by atoms with Crippen molar-refractivity contribution in [3.8, 4) is 0 Å². The summed E-state index contributed by atoms with van der Waals surface area (Å²) in [5.74, 6) is 1.09. The first-order chi connectivity index (χ1) is 8.54. The third kappa shape index (κ3) is 1.65. The molecular weight excluding hydrogens is 232 g/mol. The Morgan fingerprint density at radius 1 is 1.11 bits per heavy atom. The summed E-state index contributed by atoms with van der Waals surface area (Å²) < 4.78 is 10.5. The van der Waals surface area contributed by atoms with Crippen LogP contribution in [0.25, 0.3) is 0 Å². The maximum absolute atomic E-state index is 12.1. The molecule has 18 heavy (non-hydrogen) atoms. The van der Waals surface area contributed by atoms with E-state index in [0.29, 0.717) is 17.8 Å². The number of methoxy groups -OCH3 is 1. The predicted octanol–water partition coefficient (Wildman–Crippen LogP) is 1.92. The Morgan fingerprint density at radius 2 is 1.72 bits per heavy atom. The van der Waals surface area contributed by atoms with Crippen molar-refractivity contribution in [1.82, 2.24) is 0 Å². The second kappa shape index (κ2) is 3.97. The van der Waals surface area contributed by atoms with Crippen LogP contribution in [0.4, 0.5) is 0 Å². The molecule has 4 nitrogen and oxygen atoms in total. The molecule has 0 saturated heterocycles. The molecule has 100 valence electrons. The molecule has 0 aromatic heterocycles. The Balaban J connectivity index is 1.84. The summed E-state index contributed by atoms with van der Waals surface area (Å²) in [6, 6.07) is 0. The second-order valence-corrected chi connectivity index (χ2v) is 6.32. The molecule has 4 aliphatic carbocycles. The topological polar surface area (TPSA) is 52.6 Å². The van der Waals surface area contributed by atoms with Crippen molar-refractivity contribution in [2.45, 2.75) is 45.1 Å². The Labute approximate surface area is 107 Å². The summed E-state index contributed by atoms with van der Waals surface area (Å²) in [4.78, 5) is 23.3. The van der Waals surface area contributed by atoms with E-state index in [0.717, 1.165) is 32.1 Å². The van der Waals surface area contributed by atoms with E-state index in [1.807, 2.05) is 0 Å². The average molecular weight is 252 g/mol. The van der Waals surface area contributed by atoms with Gasteiger partial charge in [-0.05, 0) is 49.9 Å². The fourth-order valence-corrected chi connectivity index (χ4v) is 4.83. The van der Waals surface area contributed by atoms with E-state index in [4.69, 9.17) is 9.47 Å². The lowest BCUT2D eigenvalue weighted by Gasteiger charge is -2.57. The van der Waals surface area contributed by atoms with Crippen molar-refractivity contribution in [1.29, 1.82) is 0 Å². The molecule has 0 spiro atoms. The lowest BCUT2D eigenvalue weighted by molar-refractivity contribution is -0.192. The number of carbonyl (C=O) groups is 2. The molecule has 4 bridgehead atoms. The lowest BCUT2D eigenvalue weighted by Crippen LogP contribution is -2.57. The molecule has 0 amide bonds. The number of carbonyl (C=O) groups excluding carboxylic acids is 2. The van der Waals surface area contributed by atoms with E-state index in [-0.39, 0.29) is 23.5 Å². The van der Waals surface area contributed by atoms with Crippen molar-refractivity contribution in [2.75, 3.05) is 7.11 Å². The van der Waals surface area contributed by atoms with Crippen LogP contribution in [0.5, 0.6) is 0 Å². The average Bonchev–Trinajstić information content (AvgIpc) is 2.31. The quantitative estimate of drug-likeness (QED) is 0.704. The highest BCUT2D eigenvalue weighted by atomic mass is 16.5. The van der Waals surface area contributed by atoms with Crippen molar-refractivity contribution < 1.29 is 19.1 Å².